The third-order valence-electron chi connectivity index (χ3n) is 2.14. The van der Waals surface area contributed by atoms with E-state index in [9.17, 15) is 13.2 Å². The Hall–Kier alpha value is -1.74. The smallest absolute Gasteiger partial charge is 0.401 e. The van der Waals surface area contributed by atoms with Gasteiger partial charge in [0.25, 0.3) is 0 Å². The highest BCUT2D eigenvalue weighted by Gasteiger charge is 2.28. The molecule has 3 nitrogen and oxygen atoms in total. The molecular weight excluding hydrogens is 245 g/mol. The molecule has 1 N–H and O–H groups in total. The van der Waals surface area contributed by atoms with Gasteiger partial charge in [0, 0.05) is 0 Å². The number of hydrogen-bond acceptors (Lipinski definition) is 3. The van der Waals surface area contributed by atoms with Gasteiger partial charge < -0.3 is 4.74 Å². The molecule has 0 radical (unpaired) electrons. The molecule has 98 valence electrons. The van der Waals surface area contributed by atoms with E-state index in [0.717, 1.165) is 0 Å². The molecule has 1 unspecified atom stereocenters. The molecule has 0 saturated heterocycles. The lowest BCUT2D eigenvalue weighted by Gasteiger charge is -2.14. The Morgan fingerprint density at radius 3 is 2.72 bits per heavy atom. The van der Waals surface area contributed by atoms with E-state index in [1.54, 1.807) is 37.3 Å². The molecule has 0 fully saturated rings. The molecule has 1 aromatic rings. The van der Waals surface area contributed by atoms with Crippen molar-refractivity contribution in [2.24, 2.45) is 0 Å². The lowest BCUT2D eigenvalue weighted by Crippen LogP contribution is -2.31. The second-order valence-electron chi connectivity index (χ2n) is 3.56. The van der Waals surface area contributed by atoms with Gasteiger partial charge in [-0.1, -0.05) is 12.1 Å². The molecule has 0 heterocycles. The molecule has 6 heteroatoms. The average Bonchev–Trinajstić information content (AvgIpc) is 2.29. The summed E-state index contributed by atoms with van der Waals surface area (Å²) in [5.41, 5.74) is 0.452. The predicted octanol–water partition coefficient (Wildman–Crippen LogP) is 2.80. The van der Waals surface area contributed by atoms with Crippen molar-refractivity contribution >= 4 is 0 Å². The fraction of sp³-hybridized carbons (Fsp3) is 0.417. The first-order chi connectivity index (χ1) is 8.46. The van der Waals surface area contributed by atoms with Gasteiger partial charge in [-0.2, -0.15) is 18.4 Å². The van der Waals surface area contributed by atoms with E-state index in [-0.39, 0.29) is 0 Å². The summed E-state index contributed by atoms with van der Waals surface area (Å²) in [7, 11) is 0. The van der Waals surface area contributed by atoms with Crippen molar-refractivity contribution in [1.29, 1.82) is 5.26 Å². The van der Waals surface area contributed by atoms with Crippen LogP contribution in [0.3, 0.4) is 0 Å². The summed E-state index contributed by atoms with van der Waals surface area (Å²) in [6, 6.07) is 7.25. The van der Waals surface area contributed by atoms with Crippen LogP contribution in [0, 0.1) is 11.3 Å². The zero-order valence-electron chi connectivity index (χ0n) is 9.79. The van der Waals surface area contributed by atoms with Gasteiger partial charge in [-0.25, -0.2) is 0 Å². The minimum atomic E-state index is -4.34. The van der Waals surface area contributed by atoms with E-state index in [0.29, 0.717) is 17.9 Å². The van der Waals surface area contributed by atoms with Gasteiger partial charge in [0.1, 0.15) is 11.8 Å². The summed E-state index contributed by atoms with van der Waals surface area (Å²) >= 11 is 0. The lowest BCUT2D eigenvalue weighted by molar-refractivity contribution is -0.125. The maximum Gasteiger partial charge on any atom is 0.401 e. The summed E-state index contributed by atoms with van der Waals surface area (Å²) in [6.45, 7) is 1.05. The van der Waals surface area contributed by atoms with Crippen LogP contribution in [0.1, 0.15) is 18.5 Å². The third-order valence-corrected chi connectivity index (χ3v) is 2.14. The molecular formula is C12H13F3N2O. The lowest BCUT2D eigenvalue weighted by atomic mass is 10.1. The van der Waals surface area contributed by atoms with Crippen molar-refractivity contribution in [1.82, 2.24) is 5.32 Å². The van der Waals surface area contributed by atoms with Crippen LogP contribution in [0.4, 0.5) is 13.2 Å². The minimum absolute atomic E-state index is 0.452. The van der Waals surface area contributed by atoms with Crippen molar-refractivity contribution in [3.8, 4) is 11.8 Å². The highest BCUT2D eigenvalue weighted by Crippen LogP contribution is 2.20. The van der Waals surface area contributed by atoms with Gasteiger partial charge in [0.15, 0.2) is 0 Å². The van der Waals surface area contributed by atoms with E-state index in [4.69, 9.17) is 10.00 Å². The maximum absolute atomic E-state index is 12.1. The molecule has 1 rings (SSSR count). The van der Waals surface area contributed by atoms with E-state index in [2.05, 4.69) is 5.32 Å². The highest BCUT2D eigenvalue weighted by molar-refractivity contribution is 5.33. The Kier molecular flexibility index (Phi) is 4.98. The topological polar surface area (TPSA) is 45.0 Å². The van der Waals surface area contributed by atoms with E-state index in [1.807, 2.05) is 0 Å². The third kappa shape index (κ3) is 4.63. The van der Waals surface area contributed by atoms with E-state index >= 15 is 0 Å². The monoisotopic (exact) mass is 258 g/mol. The van der Waals surface area contributed by atoms with Crippen molar-refractivity contribution in [3.63, 3.8) is 0 Å². The Bertz CT molecular complexity index is 426. The number of hydrogen-bond donors (Lipinski definition) is 1. The fourth-order valence-corrected chi connectivity index (χ4v) is 1.41. The van der Waals surface area contributed by atoms with E-state index in [1.165, 1.54) is 0 Å². The number of nitrogens with zero attached hydrogens (tertiary/aromatic N) is 1. The number of halogens is 3. The van der Waals surface area contributed by atoms with Gasteiger partial charge in [0.2, 0.25) is 0 Å². The standard InChI is InChI=1S/C12H13F3N2O/c1-2-18-10-5-3-4-9(6-10)11(7-16)17-8-12(13,14)15/h3-6,11,17H,2,8H2,1H3. The predicted molar refractivity (Wildman–Crippen MR) is 60.0 cm³/mol. The van der Waals surface area contributed by atoms with Crippen LogP contribution >= 0.6 is 0 Å². The fourth-order valence-electron chi connectivity index (χ4n) is 1.41. The molecule has 1 atom stereocenters. The number of benzene rings is 1. The number of nitriles is 1. The quantitative estimate of drug-likeness (QED) is 0.883. The molecule has 0 aliphatic heterocycles. The number of alkyl halides is 3. The summed E-state index contributed by atoms with van der Waals surface area (Å²) < 4.78 is 41.4. The number of nitrogens with one attached hydrogen (secondary N) is 1. The normalized spacial score (nSPS) is 12.8. The first kappa shape index (κ1) is 14.3. The SMILES string of the molecule is CCOc1cccc(C(C#N)NCC(F)(F)F)c1. The van der Waals surface area contributed by atoms with Crippen molar-refractivity contribution in [3.05, 3.63) is 29.8 Å². The Labute approximate surface area is 103 Å². The highest BCUT2D eigenvalue weighted by atomic mass is 19.4. The number of ether oxygens (including phenoxy) is 1. The first-order valence-electron chi connectivity index (χ1n) is 5.38. The minimum Gasteiger partial charge on any atom is -0.494 e. The molecule has 0 aromatic heterocycles. The second kappa shape index (κ2) is 6.26. The van der Waals surface area contributed by atoms with Crippen LogP contribution in [0.15, 0.2) is 24.3 Å². The second-order valence-corrected chi connectivity index (χ2v) is 3.56. The Morgan fingerprint density at radius 2 is 2.17 bits per heavy atom. The van der Waals surface area contributed by atoms with Gasteiger partial charge in [0.05, 0.1) is 19.2 Å². The van der Waals surface area contributed by atoms with Gasteiger partial charge in [-0.05, 0) is 24.6 Å². The van der Waals surface area contributed by atoms with Gasteiger partial charge in [-0.15, -0.1) is 0 Å². The Morgan fingerprint density at radius 1 is 1.44 bits per heavy atom. The zero-order valence-corrected chi connectivity index (χ0v) is 9.79. The summed E-state index contributed by atoms with van der Waals surface area (Å²) in [6.07, 6.45) is -4.34. The number of rotatable bonds is 5. The molecule has 1 aromatic carbocycles. The molecule has 0 aliphatic rings. The van der Waals surface area contributed by atoms with Crippen LogP contribution in [0.5, 0.6) is 5.75 Å². The van der Waals surface area contributed by atoms with Gasteiger partial charge >= 0.3 is 6.18 Å². The van der Waals surface area contributed by atoms with Crippen molar-refractivity contribution in [2.75, 3.05) is 13.2 Å². The molecule has 0 aliphatic carbocycles. The molecule has 0 amide bonds. The van der Waals surface area contributed by atoms with Crippen LogP contribution in [0.2, 0.25) is 0 Å². The zero-order chi connectivity index (χ0) is 13.6. The van der Waals surface area contributed by atoms with E-state index < -0.39 is 18.8 Å². The van der Waals surface area contributed by atoms with Crippen molar-refractivity contribution in [2.45, 2.75) is 19.1 Å². The van der Waals surface area contributed by atoms with Crippen LogP contribution in [-0.4, -0.2) is 19.3 Å². The molecule has 0 saturated carbocycles. The maximum atomic E-state index is 12.1. The average molecular weight is 258 g/mol. The van der Waals surface area contributed by atoms with Gasteiger partial charge in [-0.3, -0.25) is 5.32 Å². The van der Waals surface area contributed by atoms with Crippen LogP contribution < -0.4 is 10.1 Å². The van der Waals surface area contributed by atoms with Crippen molar-refractivity contribution < 1.29 is 17.9 Å². The molecule has 0 spiro atoms. The first-order valence-corrected chi connectivity index (χ1v) is 5.38. The molecule has 0 bridgehead atoms. The summed E-state index contributed by atoms with van der Waals surface area (Å²) in [5, 5.41) is 11.0. The Balaban J connectivity index is 2.76. The van der Waals surface area contributed by atoms with Crippen LogP contribution in [-0.2, 0) is 0 Å². The largest absolute Gasteiger partial charge is 0.494 e. The molecule has 18 heavy (non-hydrogen) atoms. The summed E-state index contributed by atoms with van der Waals surface area (Å²) in [4.78, 5) is 0. The van der Waals surface area contributed by atoms with Crippen LogP contribution in [0.25, 0.3) is 0 Å². The summed E-state index contributed by atoms with van der Waals surface area (Å²) in [5.74, 6) is 0.532.